The van der Waals surface area contributed by atoms with Crippen LogP contribution in [0.2, 0.25) is 0 Å². The maximum atomic E-state index is 13.2. The molecule has 0 atom stereocenters. The second-order valence-corrected chi connectivity index (χ2v) is 4.76. The number of imidazole rings is 1. The van der Waals surface area contributed by atoms with E-state index in [0.717, 1.165) is 35.4 Å². The molecule has 2 aromatic carbocycles. The van der Waals surface area contributed by atoms with Crippen molar-refractivity contribution in [3.05, 3.63) is 53.8 Å². The van der Waals surface area contributed by atoms with E-state index in [2.05, 4.69) is 21.4 Å². The summed E-state index contributed by atoms with van der Waals surface area (Å²) in [6.45, 7) is 0.909. The Kier molecular flexibility index (Phi) is 3.48. The molecule has 4 heteroatoms. The summed E-state index contributed by atoms with van der Waals surface area (Å²) in [6, 6.07) is 12.8. The zero-order chi connectivity index (χ0) is 13.9. The molecule has 2 N–H and O–H groups in total. The number of H-pyrrole nitrogens is 1. The van der Waals surface area contributed by atoms with Crippen LogP contribution in [0, 0.1) is 5.82 Å². The highest BCUT2D eigenvalue weighted by Gasteiger charge is 2.09. The summed E-state index contributed by atoms with van der Waals surface area (Å²) >= 11 is 0. The number of aromatic amines is 1. The zero-order valence-electron chi connectivity index (χ0n) is 11.3. The molecule has 0 radical (unpaired) electrons. The fraction of sp³-hybridized carbons (Fsp3) is 0.188. The second-order valence-electron chi connectivity index (χ2n) is 4.76. The third-order valence-corrected chi connectivity index (χ3v) is 3.36. The number of likely N-dealkylation sites (N-methyl/N-ethyl adjacent to an activating group) is 1. The molecule has 0 aliphatic rings. The Morgan fingerprint density at radius 3 is 2.90 bits per heavy atom. The third-order valence-electron chi connectivity index (χ3n) is 3.36. The lowest BCUT2D eigenvalue weighted by atomic mass is 10.0. The largest absolute Gasteiger partial charge is 0.338 e. The van der Waals surface area contributed by atoms with Crippen LogP contribution in [0.4, 0.5) is 4.39 Å². The van der Waals surface area contributed by atoms with Gasteiger partial charge in [0, 0.05) is 5.56 Å². The first-order chi connectivity index (χ1) is 9.78. The number of hydrogen-bond donors (Lipinski definition) is 2. The number of hydrogen-bond acceptors (Lipinski definition) is 2. The fourth-order valence-electron chi connectivity index (χ4n) is 2.34. The normalized spacial score (nSPS) is 11.1. The van der Waals surface area contributed by atoms with Crippen molar-refractivity contribution in [1.29, 1.82) is 0 Å². The van der Waals surface area contributed by atoms with Gasteiger partial charge in [0.05, 0.1) is 11.0 Å². The number of halogens is 1. The lowest BCUT2D eigenvalue weighted by Gasteiger charge is -2.06. The Labute approximate surface area is 116 Å². The Morgan fingerprint density at radius 2 is 2.05 bits per heavy atom. The van der Waals surface area contributed by atoms with Crippen molar-refractivity contribution in [3.8, 4) is 11.4 Å². The van der Waals surface area contributed by atoms with Crippen molar-refractivity contribution in [2.45, 2.75) is 6.42 Å². The molecule has 3 aromatic rings. The van der Waals surface area contributed by atoms with Gasteiger partial charge in [-0.3, -0.25) is 0 Å². The van der Waals surface area contributed by atoms with Crippen molar-refractivity contribution in [2.75, 3.05) is 13.6 Å². The van der Waals surface area contributed by atoms with Gasteiger partial charge >= 0.3 is 0 Å². The monoisotopic (exact) mass is 269 g/mol. The average molecular weight is 269 g/mol. The molecule has 3 rings (SSSR count). The van der Waals surface area contributed by atoms with Gasteiger partial charge in [0.25, 0.3) is 0 Å². The van der Waals surface area contributed by atoms with Crippen molar-refractivity contribution >= 4 is 11.0 Å². The molecule has 3 nitrogen and oxygen atoms in total. The minimum atomic E-state index is -0.254. The molecule has 1 aromatic heterocycles. The van der Waals surface area contributed by atoms with E-state index in [9.17, 15) is 4.39 Å². The van der Waals surface area contributed by atoms with Gasteiger partial charge in [0.1, 0.15) is 11.6 Å². The molecule has 0 bridgehead atoms. The van der Waals surface area contributed by atoms with Gasteiger partial charge < -0.3 is 10.3 Å². The van der Waals surface area contributed by atoms with E-state index in [1.807, 2.05) is 25.2 Å². The van der Waals surface area contributed by atoms with Gasteiger partial charge in [-0.15, -0.1) is 0 Å². The highest BCUT2D eigenvalue weighted by Crippen LogP contribution is 2.24. The van der Waals surface area contributed by atoms with Crippen LogP contribution in [0.15, 0.2) is 42.5 Å². The molecule has 102 valence electrons. The molecule has 0 aliphatic heterocycles. The maximum Gasteiger partial charge on any atom is 0.138 e. The number of fused-ring (bicyclic) bond motifs is 1. The minimum absolute atomic E-state index is 0.254. The van der Waals surface area contributed by atoms with E-state index in [-0.39, 0.29) is 5.82 Å². The van der Waals surface area contributed by atoms with E-state index in [1.54, 1.807) is 6.07 Å². The molecule has 0 spiro atoms. The van der Waals surface area contributed by atoms with Gasteiger partial charge in [0.2, 0.25) is 0 Å². The maximum absolute atomic E-state index is 13.2. The molecule has 0 fully saturated rings. The summed E-state index contributed by atoms with van der Waals surface area (Å²) in [6.07, 6.45) is 0.929. The number of rotatable bonds is 4. The zero-order valence-corrected chi connectivity index (χ0v) is 11.3. The number of benzene rings is 2. The Bertz CT molecular complexity index is 733. The molecule has 0 saturated carbocycles. The van der Waals surface area contributed by atoms with Crippen molar-refractivity contribution in [2.24, 2.45) is 0 Å². The summed E-state index contributed by atoms with van der Waals surface area (Å²) < 4.78 is 13.2. The molecule has 0 saturated heterocycles. The topological polar surface area (TPSA) is 40.7 Å². The summed E-state index contributed by atoms with van der Waals surface area (Å²) in [5.74, 6) is 0.536. The van der Waals surface area contributed by atoms with Gasteiger partial charge in [-0.05, 0) is 43.8 Å². The first-order valence-electron chi connectivity index (χ1n) is 6.66. The lowest BCUT2D eigenvalue weighted by Crippen LogP contribution is -2.10. The quantitative estimate of drug-likeness (QED) is 0.764. The summed E-state index contributed by atoms with van der Waals surface area (Å²) in [7, 11) is 1.94. The van der Waals surface area contributed by atoms with Gasteiger partial charge in [-0.25, -0.2) is 9.37 Å². The summed E-state index contributed by atoms with van der Waals surface area (Å²) in [5, 5.41) is 3.15. The standard InChI is InChI=1S/C16H16FN3/c1-18-9-8-11-4-2-3-5-13(11)16-19-14-7-6-12(17)10-15(14)20-16/h2-7,10,18H,8-9H2,1H3,(H,19,20). The van der Waals surface area contributed by atoms with E-state index in [1.165, 1.54) is 17.7 Å². The lowest BCUT2D eigenvalue weighted by molar-refractivity contribution is 0.629. The molecule has 0 unspecified atom stereocenters. The third kappa shape index (κ3) is 2.42. The van der Waals surface area contributed by atoms with Gasteiger partial charge in [-0.1, -0.05) is 24.3 Å². The van der Waals surface area contributed by atoms with Gasteiger partial charge in [0.15, 0.2) is 0 Å². The van der Waals surface area contributed by atoms with Crippen molar-refractivity contribution in [1.82, 2.24) is 15.3 Å². The van der Waals surface area contributed by atoms with Crippen LogP contribution in [-0.4, -0.2) is 23.6 Å². The fourth-order valence-corrected chi connectivity index (χ4v) is 2.34. The van der Waals surface area contributed by atoms with E-state index in [0.29, 0.717) is 0 Å². The van der Waals surface area contributed by atoms with Crippen LogP contribution in [0.25, 0.3) is 22.4 Å². The Hall–Kier alpha value is -2.20. The van der Waals surface area contributed by atoms with E-state index in [4.69, 9.17) is 0 Å². The van der Waals surface area contributed by atoms with Crippen molar-refractivity contribution < 1.29 is 4.39 Å². The molecule has 0 aliphatic carbocycles. The number of aromatic nitrogens is 2. The average Bonchev–Trinajstić information content (AvgIpc) is 2.88. The molecule has 20 heavy (non-hydrogen) atoms. The molecular formula is C16H16FN3. The predicted molar refractivity (Wildman–Crippen MR) is 79.1 cm³/mol. The Morgan fingerprint density at radius 1 is 1.20 bits per heavy atom. The van der Waals surface area contributed by atoms with E-state index >= 15 is 0 Å². The summed E-state index contributed by atoms with van der Waals surface area (Å²) in [4.78, 5) is 7.75. The minimum Gasteiger partial charge on any atom is -0.338 e. The van der Waals surface area contributed by atoms with Crippen LogP contribution in [0.1, 0.15) is 5.56 Å². The summed E-state index contributed by atoms with van der Waals surface area (Å²) in [5.41, 5.74) is 3.80. The smallest absolute Gasteiger partial charge is 0.138 e. The van der Waals surface area contributed by atoms with Crippen LogP contribution in [-0.2, 0) is 6.42 Å². The van der Waals surface area contributed by atoms with Crippen LogP contribution in [0.5, 0.6) is 0 Å². The van der Waals surface area contributed by atoms with Gasteiger partial charge in [-0.2, -0.15) is 0 Å². The number of nitrogens with zero attached hydrogens (tertiary/aromatic N) is 1. The molecule has 1 heterocycles. The first-order valence-corrected chi connectivity index (χ1v) is 6.66. The highest BCUT2D eigenvalue weighted by molar-refractivity contribution is 5.80. The SMILES string of the molecule is CNCCc1ccccc1-c1nc2ccc(F)cc2[nH]1. The predicted octanol–water partition coefficient (Wildman–Crippen LogP) is 3.13. The van der Waals surface area contributed by atoms with Crippen molar-refractivity contribution in [3.63, 3.8) is 0 Å². The first kappa shape index (κ1) is 12.8. The molecular weight excluding hydrogens is 253 g/mol. The number of nitrogens with one attached hydrogen (secondary N) is 2. The second kappa shape index (κ2) is 5.43. The highest BCUT2D eigenvalue weighted by atomic mass is 19.1. The van der Waals surface area contributed by atoms with Crippen LogP contribution < -0.4 is 5.32 Å². The van der Waals surface area contributed by atoms with Crippen LogP contribution in [0.3, 0.4) is 0 Å². The molecule has 0 amide bonds. The van der Waals surface area contributed by atoms with E-state index < -0.39 is 0 Å². The Balaban J connectivity index is 2.06. The van der Waals surface area contributed by atoms with Crippen LogP contribution >= 0.6 is 0 Å².